The summed E-state index contributed by atoms with van der Waals surface area (Å²) in [6, 6.07) is 23.9. The van der Waals surface area contributed by atoms with Crippen LogP contribution in [0.1, 0.15) is 35.4 Å². The molecule has 7 rings (SSSR count). The number of amides is 2. The van der Waals surface area contributed by atoms with Gasteiger partial charge in [0.2, 0.25) is 11.8 Å². The summed E-state index contributed by atoms with van der Waals surface area (Å²) in [5.74, 6) is -1.04. The number of phenolic OH excluding ortho intramolecular Hbond substituents is 1. The minimum Gasteiger partial charge on any atom is -0.508 e. The lowest BCUT2D eigenvalue weighted by molar-refractivity contribution is -0.140. The number of fused-ring (bicyclic) bond motifs is 3. The molecule has 4 atom stereocenters. The van der Waals surface area contributed by atoms with Crippen LogP contribution in [-0.2, 0) is 20.8 Å². The molecule has 0 spiro atoms. The van der Waals surface area contributed by atoms with Gasteiger partial charge in [-0.2, -0.15) is 0 Å². The monoisotopic (exact) mass is 680 g/mol. The Kier molecular flexibility index (Phi) is 9.50. The Hall–Kier alpha value is -4.22. The van der Waals surface area contributed by atoms with Crippen molar-refractivity contribution in [2.75, 3.05) is 6.61 Å². The SMILES string of the molecule is O=C1[C@@H]2[C@@H](CC(COc3ccccc3)=C3[C@@H](CC/C(=C/c4ccc(O)cc4Cl)c4ccccn4)OB(O)C[C@@H]32)C(=O)N1Cc1cccs1. The van der Waals surface area contributed by atoms with Crippen molar-refractivity contribution < 1.29 is 29.1 Å². The number of hydrogen-bond donors (Lipinski definition) is 2. The molecule has 0 unspecified atom stereocenters. The minimum atomic E-state index is -1.10. The molecule has 2 fully saturated rings. The number of aromatic nitrogens is 1. The number of para-hydroxylation sites is 1. The Morgan fingerprint density at radius 3 is 2.65 bits per heavy atom. The molecule has 2 aliphatic heterocycles. The second-order valence-corrected chi connectivity index (χ2v) is 13.8. The summed E-state index contributed by atoms with van der Waals surface area (Å²) in [5.41, 5.74) is 4.27. The van der Waals surface area contributed by atoms with Gasteiger partial charge in [-0.3, -0.25) is 19.5 Å². The molecule has 4 heterocycles. The lowest BCUT2D eigenvalue weighted by Gasteiger charge is -2.43. The van der Waals surface area contributed by atoms with E-state index in [4.69, 9.17) is 21.0 Å². The molecule has 2 saturated heterocycles. The molecule has 0 radical (unpaired) electrons. The highest BCUT2D eigenvalue weighted by Gasteiger charge is 2.57. The predicted octanol–water partition coefficient (Wildman–Crippen LogP) is 6.90. The lowest BCUT2D eigenvalue weighted by atomic mass is 9.58. The number of likely N-dealkylation sites (tertiary alicyclic amines) is 1. The number of carbonyl (C=O) groups excluding carboxylic acids is 2. The maximum Gasteiger partial charge on any atom is 0.455 e. The second kappa shape index (κ2) is 14.1. The Labute approximate surface area is 288 Å². The molecule has 4 aromatic rings. The summed E-state index contributed by atoms with van der Waals surface area (Å²) >= 11 is 8.01. The normalized spacial score (nSPS) is 22.6. The van der Waals surface area contributed by atoms with Gasteiger partial charge in [0.1, 0.15) is 18.1 Å². The number of pyridine rings is 1. The Morgan fingerprint density at radius 1 is 1.06 bits per heavy atom. The molecule has 2 amide bonds. The number of thiophene rings is 1. The van der Waals surface area contributed by atoms with E-state index in [0.717, 1.165) is 32.9 Å². The van der Waals surface area contributed by atoms with Crippen molar-refractivity contribution in [2.45, 2.75) is 38.2 Å². The Bertz CT molecular complexity index is 1850. The van der Waals surface area contributed by atoms with E-state index in [1.807, 2.05) is 72.1 Å². The first kappa shape index (κ1) is 32.3. The Morgan fingerprint density at radius 2 is 1.90 bits per heavy atom. The third-order valence-corrected chi connectivity index (χ3v) is 10.6. The minimum absolute atomic E-state index is 0.0776. The van der Waals surface area contributed by atoms with Crippen molar-refractivity contribution in [1.29, 1.82) is 0 Å². The summed E-state index contributed by atoms with van der Waals surface area (Å²) < 4.78 is 12.5. The number of hydrogen-bond acceptors (Lipinski definition) is 8. The molecule has 8 nitrogen and oxygen atoms in total. The zero-order chi connectivity index (χ0) is 33.2. The third kappa shape index (κ3) is 6.71. The van der Waals surface area contributed by atoms with Gasteiger partial charge in [0.05, 0.1) is 35.2 Å². The topological polar surface area (TPSA) is 109 Å². The number of halogens is 1. The van der Waals surface area contributed by atoms with E-state index >= 15 is 0 Å². The molecule has 3 aliphatic rings. The average molecular weight is 681 g/mol. The molecule has 0 saturated carbocycles. The van der Waals surface area contributed by atoms with Crippen LogP contribution in [0.5, 0.6) is 11.5 Å². The second-order valence-electron chi connectivity index (χ2n) is 12.4. The number of ether oxygens (including phenoxy) is 1. The fourth-order valence-electron chi connectivity index (χ4n) is 7.30. The molecule has 244 valence electrons. The maximum atomic E-state index is 14.0. The number of imide groups is 1. The van der Waals surface area contributed by atoms with E-state index < -0.39 is 25.1 Å². The van der Waals surface area contributed by atoms with Crippen LogP contribution in [0.3, 0.4) is 0 Å². The van der Waals surface area contributed by atoms with Crippen LogP contribution in [-0.4, -0.2) is 51.7 Å². The van der Waals surface area contributed by atoms with Gasteiger partial charge in [-0.25, -0.2) is 0 Å². The quantitative estimate of drug-likeness (QED) is 0.107. The molecular weight excluding hydrogens is 647 g/mol. The standard InChI is InChI=1S/C37H34BClN2O6S/c39-31-19-26(42)13-11-23(31)17-24(32-10-4-5-15-40-32)12-14-33-34-25(22-46-27-7-2-1-3-8-27)18-29-35(30(34)20-38(45)47-33)37(44)41(36(29)43)21-28-9-6-16-48-28/h1-11,13,15-17,19,29-30,33,35,42,45H,12,14,18,20-22H2/b24-17-/t29-,30+,33-,35-/m1/s1. The molecule has 1 aliphatic carbocycles. The van der Waals surface area contributed by atoms with E-state index in [2.05, 4.69) is 4.98 Å². The third-order valence-electron chi connectivity index (χ3n) is 9.43. The van der Waals surface area contributed by atoms with Crippen molar-refractivity contribution in [3.63, 3.8) is 0 Å². The van der Waals surface area contributed by atoms with Crippen molar-refractivity contribution in [3.05, 3.63) is 123 Å². The van der Waals surface area contributed by atoms with Crippen molar-refractivity contribution in [1.82, 2.24) is 9.88 Å². The van der Waals surface area contributed by atoms with Gasteiger partial charge in [-0.15, -0.1) is 11.3 Å². The number of nitrogens with zero attached hydrogens (tertiary/aromatic N) is 2. The first-order chi connectivity index (χ1) is 23.4. The summed E-state index contributed by atoms with van der Waals surface area (Å²) in [7, 11) is -1.10. The van der Waals surface area contributed by atoms with Gasteiger partial charge in [-0.05, 0) is 114 Å². The first-order valence-electron chi connectivity index (χ1n) is 16.1. The fourth-order valence-corrected chi connectivity index (χ4v) is 8.22. The van der Waals surface area contributed by atoms with Crippen LogP contribution in [0.15, 0.2) is 102 Å². The molecule has 11 heteroatoms. The van der Waals surface area contributed by atoms with Crippen LogP contribution in [0, 0.1) is 17.8 Å². The van der Waals surface area contributed by atoms with Crippen LogP contribution in [0.2, 0.25) is 11.3 Å². The van der Waals surface area contributed by atoms with Crippen molar-refractivity contribution >= 4 is 53.5 Å². The first-order valence-corrected chi connectivity index (χ1v) is 17.3. The van der Waals surface area contributed by atoms with Gasteiger partial charge in [0.15, 0.2) is 0 Å². The number of allylic oxidation sites excluding steroid dienone is 1. The molecule has 2 aromatic heterocycles. The highest BCUT2D eigenvalue weighted by Crippen LogP contribution is 2.51. The van der Waals surface area contributed by atoms with Gasteiger partial charge < -0.3 is 19.5 Å². The molecule has 48 heavy (non-hydrogen) atoms. The summed E-state index contributed by atoms with van der Waals surface area (Å²) in [5, 5.41) is 23.3. The fraction of sp³-hybridized carbons (Fsp3) is 0.270. The summed E-state index contributed by atoms with van der Waals surface area (Å²) in [6.45, 7) is 0.494. The summed E-state index contributed by atoms with van der Waals surface area (Å²) in [4.78, 5) is 34.8. The van der Waals surface area contributed by atoms with Gasteiger partial charge in [-0.1, -0.05) is 41.9 Å². The largest absolute Gasteiger partial charge is 0.508 e. The molecule has 0 bridgehead atoms. The van der Waals surface area contributed by atoms with Crippen LogP contribution in [0.4, 0.5) is 0 Å². The zero-order valence-electron chi connectivity index (χ0n) is 26.1. The van der Waals surface area contributed by atoms with E-state index in [1.165, 1.54) is 22.3 Å². The number of carbonyl (C=O) groups is 2. The van der Waals surface area contributed by atoms with Gasteiger partial charge in [0.25, 0.3) is 0 Å². The lowest BCUT2D eigenvalue weighted by Crippen LogP contribution is -2.46. The van der Waals surface area contributed by atoms with Crippen LogP contribution < -0.4 is 4.74 Å². The average Bonchev–Trinajstić information content (AvgIpc) is 3.69. The van der Waals surface area contributed by atoms with Gasteiger partial charge >= 0.3 is 7.12 Å². The van der Waals surface area contributed by atoms with Crippen molar-refractivity contribution in [2.24, 2.45) is 17.8 Å². The predicted molar refractivity (Wildman–Crippen MR) is 186 cm³/mol. The van der Waals surface area contributed by atoms with Crippen molar-refractivity contribution in [3.8, 4) is 11.5 Å². The molecular formula is C37H34BClN2O6S. The van der Waals surface area contributed by atoms with Crippen LogP contribution in [0.25, 0.3) is 11.6 Å². The smallest absolute Gasteiger partial charge is 0.455 e. The van der Waals surface area contributed by atoms with Gasteiger partial charge in [0, 0.05) is 11.1 Å². The van der Waals surface area contributed by atoms with E-state index in [-0.39, 0.29) is 43.0 Å². The van der Waals surface area contributed by atoms with E-state index in [1.54, 1.807) is 18.3 Å². The van der Waals surface area contributed by atoms with Crippen LogP contribution >= 0.6 is 22.9 Å². The van der Waals surface area contributed by atoms with E-state index in [0.29, 0.717) is 30.0 Å². The Balaban J connectivity index is 1.23. The number of phenols is 1. The number of aromatic hydroxyl groups is 1. The summed E-state index contributed by atoms with van der Waals surface area (Å²) in [6.07, 6.45) is 4.76. The number of rotatable bonds is 10. The molecule has 2 N–H and O–H groups in total. The maximum absolute atomic E-state index is 14.0. The molecule has 2 aromatic carbocycles. The zero-order valence-corrected chi connectivity index (χ0v) is 27.6. The van der Waals surface area contributed by atoms with E-state index in [9.17, 15) is 19.7 Å². The highest BCUT2D eigenvalue weighted by molar-refractivity contribution is 7.09. The highest BCUT2D eigenvalue weighted by atomic mass is 35.5. The number of benzene rings is 2.